The maximum absolute atomic E-state index is 12.5. The number of rotatable bonds is 7. The van der Waals surface area contributed by atoms with Crippen LogP contribution in [-0.4, -0.2) is 58.4 Å². The number of carbonyl (C=O) groups is 2. The highest BCUT2D eigenvalue weighted by atomic mass is 32.2. The van der Waals surface area contributed by atoms with Gasteiger partial charge in [0.25, 0.3) is 0 Å². The van der Waals surface area contributed by atoms with Crippen molar-refractivity contribution in [3.8, 4) is 0 Å². The third-order valence-electron chi connectivity index (χ3n) is 4.01. The standard InChI is InChI=1S/C18H25N5O2S/c1-18(2,11-15(24)21(3)4)23-17(19-13-20-23)26-12-16(25)22(5)14-9-7-6-8-10-14/h6-10,13H,11-12H2,1-5H3. The Balaban J connectivity index is 2.04. The summed E-state index contributed by atoms with van der Waals surface area (Å²) >= 11 is 1.32. The zero-order chi connectivity index (χ0) is 19.3. The summed E-state index contributed by atoms with van der Waals surface area (Å²) in [5.74, 6) is 0.223. The largest absolute Gasteiger partial charge is 0.349 e. The highest BCUT2D eigenvalue weighted by Crippen LogP contribution is 2.26. The van der Waals surface area contributed by atoms with Crippen LogP contribution in [0.5, 0.6) is 0 Å². The van der Waals surface area contributed by atoms with E-state index in [1.807, 2.05) is 44.2 Å². The molecule has 0 bridgehead atoms. The van der Waals surface area contributed by atoms with Crippen molar-refractivity contribution in [1.82, 2.24) is 19.7 Å². The molecule has 2 aromatic rings. The van der Waals surface area contributed by atoms with Crippen LogP contribution in [-0.2, 0) is 15.1 Å². The van der Waals surface area contributed by atoms with E-state index in [0.29, 0.717) is 11.6 Å². The van der Waals surface area contributed by atoms with Crippen LogP contribution in [0, 0.1) is 0 Å². The van der Waals surface area contributed by atoms with E-state index in [1.165, 1.54) is 18.1 Å². The van der Waals surface area contributed by atoms with E-state index in [-0.39, 0.29) is 17.6 Å². The molecule has 0 unspecified atom stereocenters. The molecule has 140 valence electrons. The molecule has 0 aliphatic rings. The van der Waals surface area contributed by atoms with E-state index in [1.54, 1.807) is 35.6 Å². The summed E-state index contributed by atoms with van der Waals surface area (Å²) < 4.78 is 1.72. The summed E-state index contributed by atoms with van der Waals surface area (Å²) in [5, 5.41) is 4.89. The number of amides is 2. The highest BCUT2D eigenvalue weighted by molar-refractivity contribution is 7.99. The number of hydrogen-bond donors (Lipinski definition) is 0. The number of hydrogen-bond acceptors (Lipinski definition) is 5. The first-order valence-corrected chi connectivity index (χ1v) is 9.26. The predicted molar refractivity (Wildman–Crippen MR) is 103 cm³/mol. The summed E-state index contributed by atoms with van der Waals surface area (Å²) in [6.07, 6.45) is 1.75. The lowest BCUT2D eigenvalue weighted by Gasteiger charge is -2.27. The molecule has 0 aliphatic carbocycles. The van der Waals surface area contributed by atoms with Gasteiger partial charge in [0.2, 0.25) is 11.8 Å². The Bertz CT molecular complexity index is 758. The van der Waals surface area contributed by atoms with Crippen LogP contribution in [0.2, 0.25) is 0 Å². The molecular formula is C18H25N5O2S. The molecule has 0 fully saturated rings. The van der Waals surface area contributed by atoms with E-state index >= 15 is 0 Å². The summed E-state index contributed by atoms with van der Waals surface area (Å²) in [7, 11) is 5.21. The Morgan fingerprint density at radius 3 is 2.38 bits per heavy atom. The number of thioether (sulfide) groups is 1. The number of anilines is 1. The van der Waals surface area contributed by atoms with Gasteiger partial charge in [-0.1, -0.05) is 30.0 Å². The van der Waals surface area contributed by atoms with Crippen LogP contribution < -0.4 is 4.90 Å². The normalized spacial score (nSPS) is 11.3. The first-order valence-electron chi connectivity index (χ1n) is 8.27. The molecule has 26 heavy (non-hydrogen) atoms. The van der Waals surface area contributed by atoms with Gasteiger partial charge in [0, 0.05) is 26.8 Å². The van der Waals surface area contributed by atoms with Gasteiger partial charge in [-0.2, -0.15) is 5.10 Å². The Labute approximate surface area is 158 Å². The zero-order valence-electron chi connectivity index (χ0n) is 15.8. The van der Waals surface area contributed by atoms with Gasteiger partial charge < -0.3 is 9.80 Å². The quantitative estimate of drug-likeness (QED) is 0.694. The van der Waals surface area contributed by atoms with Crippen molar-refractivity contribution in [2.24, 2.45) is 0 Å². The molecule has 8 heteroatoms. The fraction of sp³-hybridized carbons (Fsp3) is 0.444. The Hall–Kier alpha value is -2.35. The summed E-state index contributed by atoms with van der Waals surface area (Å²) in [6.45, 7) is 3.87. The monoisotopic (exact) mass is 375 g/mol. The third kappa shape index (κ3) is 4.85. The van der Waals surface area contributed by atoms with Crippen LogP contribution >= 0.6 is 11.8 Å². The minimum atomic E-state index is -0.533. The Kier molecular flexibility index (Phi) is 6.42. The summed E-state index contributed by atoms with van der Waals surface area (Å²) in [4.78, 5) is 32.0. The van der Waals surface area contributed by atoms with Gasteiger partial charge in [0.05, 0.1) is 17.7 Å². The first kappa shape index (κ1) is 20.0. The molecule has 2 amide bonds. The van der Waals surface area contributed by atoms with Gasteiger partial charge in [-0.3, -0.25) is 9.59 Å². The third-order valence-corrected chi connectivity index (χ3v) is 4.94. The summed E-state index contributed by atoms with van der Waals surface area (Å²) in [6, 6.07) is 9.48. The second-order valence-corrected chi connectivity index (χ2v) is 7.75. The molecule has 1 aromatic heterocycles. The number of aromatic nitrogens is 3. The lowest BCUT2D eigenvalue weighted by Crippen LogP contribution is -2.36. The SMILES string of the molecule is CN(C)C(=O)CC(C)(C)n1ncnc1SCC(=O)N(C)c1ccccc1. The summed E-state index contributed by atoms with van der Waals surface area (Å²) in [5.41, 5.74) is 0.311. The molecule has 0 N–H and O–H groups in total. The van der Waals surface area contributed by atoms with Gasteiger partial charge in [0.1, 0.15) is 6.33 Å². The molecule has 0 radical (unpaired) electrons. The fourth-order valence-electron chi connectivity index (χ4n) is 2.37. The van der Waals surface area contributed by atoms with E-state index in [4.69, 9.17) is 0 Å². The molecule has 0 aliphatic heterocycles. The highest BCUT2D eigenvalue weighted by Gasteiger charge is 2.29. The number of carbonyl (C=O) groups excluding carboxylic acids is 2. The van der Waals surface area contributed by atoms with Crippen LogP contribution in [0.3, 0.4) is 0 Å². The molecule has 0 saturated heterocycles. The molecule has 0 spiro atoms. The Morgan fingerprint density at radius 1 is 1.12 bits per heavy atom. The van der Waals surface area contributed by atoms with Gasteiger partial charge in [-0.15, -0.1) is 0 Å². The van der Waals surface area contributed by atoms with Gasteiger partial charge >= 0.3 is 0 Å². The molecule has 0 saturated carbocycles. The van der Waals surface area contributed by atoms with Crippen LogP contribution in [0.4, 0.5) is 5.69 Å². The smallest absolute Gasteiger partial charge is 0.237 e. The minimum Gasteiger partial charge on any atom is -0.349 e. The first-order chi connectivity index (χ1) is 12.2. The molecule has 0 atom stereocenters. The van der Waals surface area contributed by atoms with E-state index in [2.05, 4.69) is 10.1 Å². The maximum atomic E-state index is 12.5. The van der Waals surface area contributed by atoms with Crippen molar-refractivity contribution in [2.45, 2.75) is 31.0 Å². The second kappa shape index (κ2) is 8.35. The van der Waals surface area contributed by atoms with Crippen molar-refractivity contribution in [1.29, 1.82) is 0 Å². The van der Waals surface area contributed by atoms with E-state index in [9.17, 15) is 9.59 Å². The topological polar surface area (TPSA) is 71.3 Å². The van der Waals surface area contributed by atoms with Gasteiger partial charge in [0.15, 0.2) is 5.16 Å². The number of nitrogens with zero attached hydrogens (tertiary/aromatic N) is 5. The Morgan fingerprint density at radius 2 is 1.77 bits per heavy atom. The minimum absolute atomic E-state index is 0.0151. The molecular weight excluding hydrogens is 350 g/mol. The molecule has 2 rings (SSSR count). The van der Waals surface area contributed by atoms with Crippen molar-refractivity contribution < 1.29 is 9.59 Å². The average molecular weight is 375 g/mol. The van der Waals surface area contributed by atoms with E-state index in [0.717, 1.165) is 5.69 Å². The lowest BCUT2D eigenvalue weighted by atomic mass is 10.0. The van der Waals surface area contributed by atoms with Crippen molar-refractivity contribution in [2.75, 3.05) is 31.8 Å². The molecule has 1 aromatic carbocycles. The van der Waals surface area contributed by atoms with Crippen LogP contribution in [0.25, 0.3) is 0 Å². The lowest BCUT2D eigenvalue weighted by molar-refractivity contribution is -0.130. The average Bonchev–Trinajstić information content (AvgIpc) is 3.09. The second-order valence-electron chi connectivity index (χ2n) is 6.81. The van der Waals surface area contributed by atoms with E-state index < -0.39 is 5.54 Å². The zero-order valence-corrected chi connectivity index (χ0v) is 16.7. The van der Waals surface area contributed by atoms with Crippen molar-refractivity contribution in [3.63, 3.8) is 0 Å². The fourth-order valence-corrected chi connectivity index (χ4v) is 3.35. The molecule has 1 heterocycles. The van der Waals surface area contributed by atoms with Gasteiger partial charge in [-0.05, 0) is 26.0 Å². The van der Waals surface area contributed by atoms with Gasteiger partial charge in [-0.25, -0.2) is 9.67 Å². The van der Waals surface area contributed by atoms with Crippen molar-refractivity contribution in [3.05, 3.63) is 36.7 Å². The van der Waals surface area contributed by atoms with Crippen LogP contribution in [0.1, 0.15) is 20.3 Å². The number of para-hydroxylation sites is 1. The maximum Gasteiger partial charge on any atom is 0.237 e. The predicted octanol–water partition coefficient (Wildman–Crippen LogP) is 2.25. The van der Waals surface area contributed by atoms with Crippen molar-refractivity contribution >= 4 is 29.3 Å². The van der Waals surface area contributed by atoms with Crippen LogP contribution in [0.15, 0.2) is 41.8 Å². The number of benzene rings is 1. The molecule has 7 nitrogen and oxygen atoms in total.